The zero-order valence-electron chi connectivity index (χ0n) is 13.7. The van der Waals surface area contributed by atoms with Gasteiger partial charge in [0.15, 0.2) is 5.16 Å². The summed E-state index contributed by atoms with van der Waals surface area (Å²) in [6.07, 6.45) is 4.11. The minimum atomic E-state index is -0.0242. The molecule has 1 aromatic heterocycles. The first-order valence-corrected chi connectivity index (χ1v) is 8.85. The van der Waals surface area contributed by atoms with E-state index in [4.69, 9.17) is 0 Å². The first-order valence-electron chi connectivity index (χ1n) is 7.86. The van der Waals surface area contributed by atoms with Crippen LogP contribution in [0.15, 0.2) is 35.7 Å². The molecule has 0 atom stereocenters. The van der Waals surface area contributed by atoms with Crippen molar-refractivity contribution in [1.82, 2.24) is 14.8 Å². The smallest absolute Gasteiger partial charge is 0.234 e. The van der Waals surface area contributed by atoms with Crippen LogP contribution in [-0.2, 0) is 10.2 Å². The summed E-state index contributed by atoms with van der Waals surface area (Å²) in [5.41, 5.74) is 2.19. The molecule has 0 bridgehead atoms. The number of amides is 1. The van der Waals surface area contributed by atoms with Crippen LogP contribution in [0.3, 0.4) is 0 Å². The zero-order chi connectivity index (χ0) is 16.4. The molecule has 1 aliphatic rings. The van der Waals surface area contributed by atoms with Crippen molar-refractivity contribution in [1.29, 1.82) is 0 Å². The van der Waals surface area contributed by atoms with Gasteiger partial charge >= 0.3 is 0 Å². The summed E-state index contributed by atoms with van der Waals surface area (Å²) in [5, 5.41) is 11.8. The molecular formula is C17H22N4OS. The van der Waals surface area contributed by atoms with E-state index in [9.17, 15) is 4.79 Å². The van der Waals surface area contributed by atoms with Crippen LogP contribution in [0, 0.1) is 0 Å². The van der Waals surface area contributed by atoms with Crippen LogP contribution in [0.25, 0.3) is 0 Å². The second-order valence-electron chi connectivity index (χ2n) is 6.92. The second-order valence-corrected chi connectivity index (χ2v) is 7.86. The fourth-order valence-corrected chi connectivity index (χ4v) is 3.10. The lowest BCUT2D eigenvalue weighted by molar-refractivity contribution is -0.113. The number of nitrogens with zero attached hydrogens (tertiary/aromatic N) is 3. The first kappa shape index (κ1) is 16.1. The monoisotopic (exact) mass is 330 g/mol. The van der Waals surface area contributed by atoms with Crippen molar-refractivity contribution in [2.24, 2.45) is 0 Å². The van der Waals surface area contributed by atoms with Crippen molar-refractivity contribution in [2.75, 3.05) is 11.1 Å². The van der Waals surface area contributed by atoms with E-state index in [1.807, 2.05) is 12.1 Å². The zero-order valence-corrected chi connectivity index (χ0v) is 14.6. The van der Waals surface area contributed by atoms with Crippen LogP contribution < -0.4 is 5.32 Å². The van der Waals surface area contributed by atoms with Gasteiger partial charge in [0.2, 0.25) is 5.91 Å². The standard InChI is InChI=1S/C17H22N4OS/c1-17(2,3)12-4-6-13(7-5-12)19-15(22)10-23-16-20-18-11-21(16)14-8-9-14/h4-7,11,14H,8-10H2,1-3H3,(H,19,22). The van der Waals surface area contributed by atoms with E-state index in [0.29, 0.717) is 11.8 Å². The molecular weight excluding hydrogens is 308 g/mol. The third-order valence-electron chi connectivity index (χ3n) is 3.85. The van der Waals surface area contributed by atoms with Crippen molar-refractivity contribution in [3.63, 3.8) is 0 Å². The molecule has 1 aliphatic carbocycles. The lowest BCUT2D eigenvalue weighted by atomic mass is 9.87. The predicted molar refractivity (Wildman–Crippen MR) is 92.8 cm³/mol. The molecule has 1 saturated carbocycles. The molecule has 0 saturated heterocycles. The minimum absolute atomic E-state index is 0.0242. The average Bonchev–Trinajstić information content (AvgIpc) is 3.23. The van der Waals surface area contributed by atoms with Crippen LogP contribution in [-0.4, -0.2) is 26.4 Å². The molecule has 23 heavy (non-hydrogen) atoms. The van der Waals surface area contributed by atoms with Gasteiger partial charge in [0.25, 0.3) is 0 Å². The number of rotatable bonds is 5. The lowest BCUT2D eigenvalue weighted by Gasteiger charge is -2.19. The molecule has 3 rings (SSSR count). The van der Waals surface area contributed by atoms with E-state index in [-0.39, 0.29) is 11.3 Å². The highest BCUT2D eigenvalue weighted by Gasteiger charge is 2.26. The molecule has 1 fully saturated rings. The van der Waals surface area contributed by atoms with Crippen LogP contribution in [0.1, 0.15) is 45.2 Å². The predicted octanol–water partition coefficient (Wildman–Crippen LogP) is 3.64. The molecule has 1 amide bonds. The highest BCUT2D eigenvalue weighted by molar-refractivity contribution is 7.99. The van der Waals surface area contributed by atoms with Gasteiger partial charge in [-0.2, -0.15) is 0 Å². The van der Waals surface area contributed by atoms with Gasteiger partial charge in [-0.05, 0) is 36.0 Å². The maximum Gasteiger partial charge on any atom is 0.234 e. The highest BCUT2D eigenvalue weighted by Crippen LogP contribution is 2.37. The molecule has 122 valence electrons. The van der Waals surface area contributed by atoms with E-state index in [0.717, 1.165) is 10.8 Å². The maximum atomic E-state index is 12.1. The van der Waals surface area contributed by atoms with Crippen LogP contribution in [0.5, 0.6) is 0 Å². The Balaban J connectivity index is 1.54. The SMILES string of the molecule is CC(C)(C)c1ccc(NC(=O)CSc2nncn2C2CC2)cc1. The Bertz CT molecular complexity index is 683. The van der Waals surface area contributed by atoms with E-state index in [1.54, 1.807) is 6.33 Å². The molecule has 0 radical (unpaired) electrons. The first-order chi connectivity index (χ1) is 10.9. The Labute approximate surface area is 140 Å². The Hall–Kier alpha value is -1.82. The Morgan fingerprint density at radius 1 is 1.30 bits per heavy atom. The molecule has 2 aromatic rings. The van der Waals surface area contributed by atoms with E-state index in [2.05, 4.69) is 53.0 Å². The van der Waals surface area contributed by atoms with Gasteiger partial charge in [0.05, 0.1) is 5.75 Å². The van der Waals surface area contributed by atoms with Crippen molar-refractivity contribution in [2.45, 2.75) is 50.2 Å². The summed E-state index contributed by atoms with van der Waals surface area (Å²) >= 11 is 1.43. The molecule has 0 aliphatic heterocycles. The summed E-state index contributed by atoms with van der Waals surface area (Å²) < 4.78 is 2.07. The number of nitrogens with one attached hydrogen (secondary N) is 1. The number of anilines is 1. The Morgan fingerprint density at radius 2 is 2.00 bits per heavy atom. The molecule has 1 aromatic carbocycles. The van der Waals surface area contributed by atoms with E-state index >= 15 is 0 Å². The number of hydrogen-bond donors (Lipinski definition) is 1. The van der Waals surface area contributed by atoms with Gasteiger partial charge in [-0.1, -0.05) is 44.7 Å². The minimum Gasteiger partial charge on any atom is -0.325 e. The van der Waals surface area contributed by atoms with Crippen LogP contribution in [0.4, 0.5) is 5.69 Å². The Morgan fingerprint density at radius 3 is 2.61 bits per heavy atom. The molecule has 6 heteroatoms. The summed E-state index contributed by atoms with van der Waals surface area (Å²) in [7, 11) is 0. The maximum absolute atomic E-state index is 12.1. The molecule has 0 unspecified atom stereocenters. The number of aromatic nitrogens is 3. The van der Waals surface area contributed by atoms with Gasteiger partial charge in [-0.15, -0.1) is 10.2 Å². The van der Waals surface area contributed by atoms with Gasteiger partial charge < -0.3 is 9.88 Å². The summed E-state index contributed by atoms with van der Waals surface area (Å²) in [6.45, 7) is 6.52. The van der Waals surface area contributed by atoms with Crippen LogP contribution in [0.2, 0.25) is 0 Å². The second kappa shape index (κ2) is 6.35. The van der Waals surface area contributed by atoms with Crippen molar-refractivity contribution in [3.05, 3.63) is 36.2 Å². The van der Waals surface area contributed by atoms with Gasteiger partial charge in [-0.25, -0.2) is 0 Å². The van der Waals surface area contributed by atoms with Crippen molar-refractivity contribution >= 4 is 23.4 Å². The number of benzene rings is 1. The molecule has 5 nitrogen and oxygen atoms in total. The number of hydrogen-bond acceptors (Lipinski definition) is 4. The lowest BCUT2D eigenvalue weighted by Crippen LogP contribution is -2.15. The van der Waals surface area contributed by atoms with E-state index in [1.165, 1.54) is 30.2 Å². The number of carbonyl (C=O) groups is 1. The quantitative estimate of drug-likeness (QED) is 0.850. The largest absolute Gasteiger partial charge is 0.325 e. The topological polar surface area (TPSA) is 59.8 Å². The fraction of sp³-hybridized carbons (Fsp3) is 0.471. The van der Waals surface area contributed by atoms with Crippen molar-refractivity contribution in [3.8, 4) is 0 Å². The van der Waals surface area contributed by atoms with Crippen LogP contribution >= 0.6 is 11.8 Å². The molecule has 0 spiro atoms. The Kier molecular flexibility index (Phi) is 4.43. The third-order valence-corrected chi connectivity index (χ3v) is 4.80. The average molecular weight is 330 g/mol. The molecule has 1 heterocycles. The number of thioether (sulfide) groups is 1. The highest BCUT2D eigenvalue weighted by atomic mass is 32.2. The van der Waals surface area contributed by atoms with Gasteiger partial charge in [0.1, 0.15) is 6.33 Å². The van der Waals surface area contributed by atoms with Gasteiger partial charge in [0, 0.05) is 11.7 Å². The van der Waals surface area contributed by atoms with E-state index < -0.39 is 0 Å². The summed E-state index contributed by atoms with van der Waals surface area (Å²) in [4.78, 5) is 12.1. The molecule has 1 N–H and O–H groups in total. The summed E-state index contributed by atoms with van der Waals surface area (Å²) in [5.74, 6) is 0.316. The summed E-state index contributed by atoms with van der Waals surface area (Å²) in [6, 6.07) is 8.56. The fourth-order valence-electron chi connectivity index (χ4n) is 2.32. The third kappa shape index (κ3) is 4.13. The normalized spacial score (nSPS) is 14.7. The van der Waals surface area contributed by atoms with Crippen molar-refractivity contribution < 1.29 is 4.79 Å². The number of carbonyl (C=O) groups excluding carboxylic acids is 1. The van der Waals surface area contributed by atoms with Gasteiger partial charge in [-0.3, -0.25) is 4.79 Å².